The Kier molecular flexibility index (Phi) is 9.31. The number of benzene rings is 3. The maximum Gasteiger partial charge on any atom is 0.416 e. The van der Waals surface area contributed by atoms with Crippen LogP contribution in [0.15, 0.2) is 79.0 Å². The molecule has 0 atom stereocenters. The van der Waals surface area contributed by atoms with Gasteiger partial charge in [0.15, 0.2) is 0 Å². The molecule has 1 aromatic heterocycles. The smallest absolute Gasteiger partial charge is 0.343 e. The Balaban J connectivity index is 1.19. The Hall–Kier alpha value is -3.84. The first-order valence-corrected chi connectivity index (χ1v) is 16.0. The molecule has 1 aliphatic rings. The minimum Gasteiger partial charge on any atom is -0.343 e. The van der Waals surface area contributed by atoms with Crippen LogP contribution in [0.2, 0.25) is 0 Å². The van der Waals surface area contributed by atoms with Crippen LogP contribution >= 0.6 is 0 Å². The van der Waals surface area contributed by atoms with Crippen LogP contribution in [0.3, 0.4) is 0 Å². The summed E-state index contributed by atoms with van der Waals surface area (Å²) in [5.74, 6) is -0.560. The Morgan fingerprint density at radius 3 is 2.24 bits per heavy atom. The molecule has 2 heterocycles. The van der Waals surface area contributed by atoms with Gasteiger partial charge in [0, 0.05) is 35.8 Å². The zero-order valence-electron chi connectivity index (χ0n) is 24.0. The Morgan fingerprint density at radius 2 is 1.58 bits per heavy atom. The van der Waals surface area contributed by atoms with E-state index in [1.165, 1.54) is 40.6 Å². The summed E-state index contributed by atoms with van der Waals surface area (Å²) >= 11 is 0. The summed E-state index contributed by atoms with van der Waals surface area (Å²) in [7, 11) is -3.95. The normalized spacial score (nSPS) is 15.4. The molecule has 0 bridgehead atoms. The lowest BCUT2D eigenvalue weighted by atomic mass is 9.90. The molecule has 45 heavy (non-hydrogen) atoms. The quantitative estimate of drug-likeness (QED) is 0.204. The fourth-order valence-electron chi connectivity index (χ4n) is 5.68. The van der Waals surface area contributed by atoms with E-state index < -0.39 is 39.4 Å². The SMILES string of the molecule is O=C(NS(=O)(=O)CCN1CCC(Cc2ccccc2)CC1)c1ccc2c(ccn2Cc2ccc(C(F)(F)F)cc2C(F)(F)F)c1. The number of piperidine rings is 1. The van der Waals surface area contributed by atoms with Gasteiger partial charge in [-0.15, -0.1) is 0 Å². The van der Waals surface area contributed by atoms with E-state index in [2.05, 4.69) is 21.8 Å². The van der Waals surface area contributed by atoms with Crippen LogP contribution in [0.5, 0.6) is 0 Å². The summed E-state index contributed by atoms with van der Waals surface area (Å²) in [5.41, 5.74) is -1.41. The molecular weight excluding hydrogens is 620 g/mol. The predicted molar refractivity (Wildman–Crippen MR) is 158 cm³/mol. The molecule has 13 heteroatoms. The summed E-state index contributed by atoms with van der Waals surface area (Å²) in [6.07, 6.45) is -5.59. The standard InChI is InChI=1S/C32H31F6N3O3S/c33-31(34,35)27-8-6-26(28(20-27)32(36,37)38)21-41-15-12-24-19-25(7-9-29(24)41)30(42)39-45(43,44)17-16-40-13-10-23(11-14-40)18-22-4-2-1-3-5-22/h1-9,12,15,19-20,23H,10-11,13-14,16-18,21H2,(H,39,42). The second-order valence-electron chi connectivity index (χ2n) is 11.3. The molecule has 240 valence electrons. The van der Waals surface area contributed by atoms with Crippen molar-refractivity contribution in [3.8, 4) is 0 Å². The van der Waals surface area contributed by atoms with Gasteiger partial charge >= 0.3 is 12.4 Å². The van der Waals surface area contributed by atoms with Crippen LogP contribution in [0.1, 0.15) is 45.5 Å². The molecule has 1 aliphatic heterocycles. The van der Waals surface area contributed by atoms with Crippen LogP contribution in [0.4, 0.5) is 26.3 Å². The Labute approximate surface area is 256 Å². The van der Waals surface area contributed by atoms with Crippen LogP contribution in [-0.4, -0.2) is 49.2 Å². The maximum atomic E-state index is 13.6. The highest BCUT2D eigenvalue weighted by atomic mass is 32.2. The lowest BCUT2D eigenvalue weighted by Gasteiger charge is -2.31. The van der Waals surface area contributed by atoms with Crippen molar-refractivity contribution in [2.24, 2.45) is 5.92 Å². The monoisotopic (exact) mass is 651 g/mol. The molecule has 3 aromatic carbocycles. The first kappa shape index (κ1) is 32.6. The van der Waals surface area contributed by atoms with Crippen LogP contribution in [0.25, 0.3) is 10.9 Å². The molecule has 4 aromatic rings. The lowest BCUT2D eigenvalue weighted by Crippen LogP contribution is -2.40. The Bertz CT molecular complexity index is 1760. The third kappa shape index (κ3) is 8.26. The van der Waals surface area contributed by atoms with Crippen molar-refractivity contribution < 1.29 is 39.6 Å². The van der Waals surface area contributed by atoms with E-state index in [-0.39, 0.29) is 36.0 Å². The number of nitrogens with zero attached hydrogens (tertiary/aromatic N) is 2. The molecule has 1 fully saturated rings. The van der Waals surface area contributed by atoms with Gasteiger partial charge in [-0.25, -0.2) is 13.1 Å². The number of alkyl halides is 6. The van der Waals surface area contributed by atoms with Crippen LogP contribution in [-0.2, 0) is 35.3 Å². The highest BCUT2D eigenvalue weighted by Gasteiger charge is 2.38. The van der Waals surface area contributed by atoms with Gasteiger partial charge in [0.05, 0.1) is 16.9 Å². The van der Waals surface area contributed by atoms with Gasteiger partial charge in [-0.05, 0) is 85.8 Å². The molecule has 0 unspecified atom stereocenters. The number of carbonyl (C=O) groups is 1. The number of hydrogen-bond donors (Lipinski definition) is 1. The second-order valence-corrected chi connectivity index (χ2v) is 13.2. The van der Waals surface area contributed by atoms with E-state index in [0.717, 1.165) is 38.4 Å². The second kappa shape index (κ2) is 12.9. The third-order valence-electron chi connectivity index (χ3n) is 8.12. The molecule has 1 N–H and O–H groups in total. The van der Waals surface area contributed by atoms with Gasteiger partial charge in [-0.1, -0.05) is 36.4 Å². The van der Waals surface area contributed by atoms with Gasteiger partial charge in [0.2, 0.25) is 10.0 Å². The number of nitrogens with one attached hydrogen (secondary N) is 1. The molecular formula is C32H31F6N3O3S. The predicted octanol–water partition coefficient (Wildman–Crippen LogP) is 6.74. The summed E-state index contributed by atoms with van der Waals surface area (Å²) in [6, 6.07) is 17.5. The number of aromatic nitrogens is 1. The zero-order chi connectivity index (χ0) is 32.4. The van der Waals surface area contributed by atoms with Crippen molar-refractivity contribution in [3.63, 3.8) is 0 Å². The van der Waals surface area contributed by atoms with Crippen molar-refractivity contribution >= 4 is 26.8 Å². The minimum atomic E-state index is -5.00. The van der Waals surface area contributed by atoms with Crippen LogP contribution in [0, 0.1) is 5.92 Å². The minimum absolute atomic E-state index is 0.0380. The van der Waals surface area contributed by atoms with Crippen molar-refractivity contribution in [1.82, 2.24) is 14.2 Å². The summed E-state index contributed by atoms with van der Waals surface area (Å²) in [6.45, 7) is 1.45. The number of carbonyl (C=O) groups excluding carboxylic acids is 1. The van der Waals surface area contributed by atoms with E-state index in [9.17, 15) is 39.6 Å². The first-order chi connectivity index (χ1) is 21.2. The largest absolute Gasteiger partial charge is 0.416 e. The summed E-state index contributed by atoms with van der Waals surface area (Å²) < 4.78 is 109. The number of amides is 1. The molecule has 0 radical (unpaired) electrons. The van der Waals surface area contributed by atoms with E-state index in [1.54, 1.807) is 0 Å². The number of halogens is 6. The molecule has 1 saturated heterocycles. The number of fused-ring (bicyclic) bond motifs is 1. The van der Waals surface area contributed by atoms with E-state index in [4.69, 9.17) is 0 Å². The third-order valence-corrected chi connectivity index (χ3v) is 9.33. The van der Waals surface area contributed by atoms with Gasteiger partial charge in [0.25, 0.3) is 5.91 Å². The number of likely N-dealkylation sites (tertiary alicyclic amines) is 1. The molecule has 6 nitrogen and oxygen atoms in total. The molecule has 0 saturated carbocycles. The van der Waals surface area contributed by atoms with E-state index in [1.807, 2.05) is 18.2 Å². The van der Waals surface area contributed by atoms with Crippen molar-refractivity contribution in [3.05, 3.63) is 107 Å². The number of hydrogen-bond acceptors (Lipinski definition) is 4. The fraction of sp³-hybridized carbons (Fsp3) is 0.344. The fourth-order valence-corrected chi connectivity index (χ4v) is 6.68. The molecule has 5 rings (SSSR count). The van der Waals surface area contributed by atoms with Crippen molar-refractivity contribution in [1.29, 1.82) is 0 Å². The highest BCUT2D eigenvalue weighted by Crippen LogP contribution is 2.38. The van der Waals surface area contributed by atoms with Gasteiger partial charge < -0.3 is 9.47 Å². The van der Waals surface area contributed by atoms with Crippen molar-refractivity contribution in [2.75, 3.05) is 25.4 Å². The molecule has 1 amide bonds. The van der Waals surface area contributed by atoms with Gasteiger partial charge in [-0.2, -0.15) is 26.3 Å². The molecule has 0 spiro atoms. The van der Waals surface area contributed by atoms with E-state index >= 15 is 0 Å². The first-order valence-electron chi connectivity index (χ1n) is 14.4. The van der Waals surface area contributed by atoms with Crippen molar-refractivity contribution in [2.45, 2.75) is 38.2 Å². The topological polar surface area (TPSA) is 71.4 Å². The number of rotatable bonds is 9. The number of sulfonamides is 1. The van der Waals surface area contributed by atoms with Gasteiger partial charge in [-0.3, -0.25) is 4.79 Å². The van der Waals surface area contributed by atoms with Gasteiger partial charge in [0.1, 0.15) is 0 Å². The highest BCUT2D eigenvalue weighted by molar-refractivity contribution is 7.90. The van der Waals surface area contributed by atoms with Crippen LogP contribution < -0.4 is 4.72 Å². The lowest BCUT2D eigenvalue weighted by molar-refractivity contribution is -0.143. The summed E-state index contributed by atoms with van der Waals surface area (Å²) in [5, 5.41) is 0.443. The maximum absolute atomic E-state index is 13.6. The average Bonchev–Trinajstić information content (AvgIpc) is 3.38. The average molecular weight is 652 g/mol. The Morgan fingerprint density at radius 1 is 0.867 bits per heavy atom. The van der Waals surface area contributed by atoms with E-state index in [0.29, 0.717) is 22.9 Å². The summed E-state index contributed by atoms with van der Waals surface area (Å²) in [4.78, 5) is 14.9. The zero-order valence-corrected chi connectivity index (χ0v) is 24.9. The molecule has 0 aliphatic carbocycles.